The molecule has 0 saturated carbocycles. The van der Waals surface area contributed by atoms with Gasteiger partial charge in [0, 0.05) is 43.9 Å². The second-order valence-electron chi connectivity index (χ2n) is 13.4. The van der Waals surface area contributed by atoms with E-state index >= 15 is 0 Å². The molecule has 0 bridgehead atoms. The topological polar surface area (TPSA) is 43.9 Å². The summed E-state index contributed by atoms with van der Waals surface area (Å²) >= 11 is 1.44. The molecule has 0 atom stereocenters. The van der Waals surface area contributed by atoms with E-state index < -0.39 is 0 Å². The Bertz CT molecular complexity index is 3170. The van der Waals surface area contributed by atoms with Crippen molar-refractivity contribution in [3.8, 4) is 49.9 Å². The van der Waals surface area contributed by atoms with Crippen LogP contribution < -0.4 is 0 Å². The summed E-state index contributed by atoms with van der Waals surface area (Å²) in [5, 5.41) is 7.99. The van der Waals surface area contributed by atoms with E-state index in [1.165, 1.54) is 49.7 Å². The zero-order valence-corrected chi connectivity index (χ0v) is 29.2. The molecule has 0 radical (unpaired) electrons. The van der Waals surface area contributed by atoms with Gasteiger partial charge in [-0.3, -0.25) is 0 Å². The van der Waals surface area contributed by atoms with Crippen LogP contribution in [0.4, 0.5) is 0 Å². The molecular formula is C48H29N3OS. The largest absolute Gasteiger partial charge is 0.455 e. The molecule has 0 aliphatic carbocycles. The fraction of sp³-hybridized carbons (Fsp3) is 0. The number of nitrogens with zero attached hydrogens (tertiary/aromatic N) is 3. The maximum Gasteiger partial charge on any atom is 0.173 e. The van der Waals surface area contributed by atoms with E-state index in [2.05, 4.69) is 168 Å². The number of benzene rings is 8. The van der Waals surface area contributed by atoms with E-state index in [-0.39, 0.29) is 0 Å². The highest BCUT2D eigenvalue weighted by atomic mass is 32.1. The number of para-hydroxylation sites is 3. The molecule has 4 nitrogen and oxygen atoms in total. The number of rotatable bonds is 5. The predicted molar refractivity (Wildman–Crippen MR) is 221 cm³/mol. The van der Waals surface area contributed by atoms with Gasteiger partial charge in [0.2, 0.25) is 0 Å². The minimum absolute atomic E-state index is 0.746. The zero-order valence-electron chi connectivity index (χ0n) is 28.4. The van der Waals surface area contributed by atoms with Crippen molar-refractivity contribution in [2.75, 3.05) is 0 Å². The van der Waals surface area contributed by atoms with Gasteiger partial charge in [0.05, 0.1) is 11.0 Å². The molecular weight excluding hydrogens is 667 g/mol. The van der Waals surface area contributed by atoms with E-state index in [1.807, 2.05) is 12.1 Å². The molecule has 3 heterocycles. The van der Waals surface area contributed by atoms with E-state index in [1.54, 1.807) is 0 Å². The summed E-state index contributed by atoms with van der Waals surface area (Å²) in [6, 6.07) is 62.3. The molecule has 0 spiro atoms. The minimum atomic E-state index is 0.746. The molecule has 248 valence electrons. The Morgan fingerprint density at radius 1 is 0.453 bits per heavy atom. The van der Waals surface area contributed by atoms with Gasteiger partial charge in [-0.15, -0.1) is 0 Å². The summed E-state index contributed by atoms with van der Waals surface area (Å²) in [6.07, 6.45) is 0. The lowest BCUT2D eigenvalue weighted by Gasteiger charge is -2.10. The van der Waals surface area contributed by atoms with Gasteiger partial charge in [-0.05, 0) is 87.5 Å². The highest BCUT2D eigenvalue weighted by molar-refractivity contribution is 7.09. The fourth-order valence-corrected chi connectivity index (χ4v) is 8.58. The quantitative estimate of drug-likeness (QED) is 0.180. The average molecular weight is 696 g/mol. The van der Waals surface area contributed by atoms with Crippen LogP contribution in [0, 0.1) is 0 Å². The Hall–Kier alpha value is -6.82. The number of furan rings is 1. The van der Waals surface area contributed by atoms with Crippen molar-refractivity contribution < 1.29 is 4.42 Å². The molecule has 0 amide bonds. The number of fused-ring (bicyclic) bond motifs is 7. The van der Waals surface area contributed by atoms with E-state index in [9.17, 15) is 0 Å². The second-order valence-corrected chi connectivity index (χ2v) is 14.2. The van der Waals surface area contributed by atoms with Crippen LogP contribution in [-0.4, -0.2) is 13.9 Å². The predicted octanol–water partition coefficient (Wildman–Crippen LogP) is 13.4. The molecule has 3 aromatic heterocycles. The maximum atomic E-state index is 6.43. The SMILES string of the molecule is c1ccc(-c2cccc3cc(-c4nsc(-c5ccc(-n6c7ccccc7c7ccc(-c8cccc9c8oc8ccccc89)cc76)cc5)n4)ccc23)cc1. The van der Waals surface area contributed by atoms with Crippen LogP contribution >= 0.6 is 11.5 Å². The number of hydrogen-bond acceptors (Lipinski definition) is 4. The van der Waals surface area contributed by atoms with Crippen molar-refractivity contribution >= 4 is 66.0 Å². The van der Waals surface area contributed by atoms with Gasteiger partial charge in [0.15, 0.2) is 5.82 Å². The van der Waals surface area contributed by atoms with E-state index in [0.29, 0.717) is 0 Å². The van der Waals surface area contributed by atoms with E-state index in [4.69, 9.17) is 13.8 Å². The average Bonchev–Trinajstić information content (AvgIpc) is 3.95. The summed E-state index contributed by atoms with van der Waals surface area (Å²) in [5.41, 5.74) is 11.9. The lowest BCUT2D eigenvalue weighted by molar-refractivity contribution is 0.670. The van der Waals surface area contributed by atoms with Crippen molar-refractivity contribution in [2.45, 2.75) is 0 Å². The fourth-order valence-electron chi connectivity index (χ4n) is 7.89. The maximum absolute atomic E-state index is 6.43. The molecule has 8 aromatic carbocycles. The van der Waals surface area contributed by atoms with Crippen molar-refractivity contribution in [1.82, 2.24) is 13.9 Å². The zero-order chi connectivity index (χ0) is 34.9. The molecule has 0 aliphatic heterocycles. The van der Waals surface area contributed by atoms with Gasteiger partial charge in [-0.2, -0.15) is 4.37 Å². The van der Waals surface area contributed by atoms with Crippen LogP contribution in [0.3, 0.4) is 0 Å². The Morgan fingerprint density at radius 3 is 2.06 bits per heavy atom. The Labute approximate surface area is 309 Å². The lowest BCUT2D eigenvalue weighted by atomic mass is 9.97. The first-order chi connectivity index (χ1) is 26.3. The second kappa shape index (κ2) is 11.9. The van der Waals surface area contributed by atoms with Gasteiger partial charge in [-0.1, -0.05) is 127 Å². The molecule has 0 aliphatic rings. The third kappa shape index (κ3) is 4.82. The highest BCUT2D eigenvalue weighted by Gasteiger charge is 2.17. The molecule has 0 saturated heterocycles. The first-order valence-electron chi connectivity index (χ1n) is 17.7. The van der Waals surface area contributed by atoms with Crippen LogP contribution in [0.2, 0.25) is 0 Å². The standard InChI is InChI=1S/C48H29N3OS/c1-2-10-30(11-3-1)36-15-8-12-32-28-34(23-26-37(32)36)47-49-48(53-50-47)31-20-24-35(25-21-31)51-43-18-6-4-13-39(43)40-27-22-33(29-44(40)51)38-16-9-17-42-41-14-5-7-19-45(41)52-46(38)42/h1-29H. The van der Waals surface area contributed by atoms with Crippen LogP contribution in [0.15, 0.2) is 180 Å². The summed E-state index contributed by atoms with van der Waals surface area (Å²) in [5.74, 6) is 0.746. The number of hydrogen-bond donors (Lipinski definition) is 0. The molecule has 0 unspecified atom stereocenters. The smallest absolute Gasteiger partial charge is 0.173 e. The first kappa shape index (κ1) is 29.9. The summed E-state index contributed by atoms with van der Waals surface area (Å²) < 4.78 is 13.6. The van der Waals surface area contributed by atoms with Crippen LogP contribution in [0.1, 0.15) is 0 Å². The summed E-state index contributed by atoms with van der Waals surface area (Å²) in [7, 11) is 0. The molecule has 11 aromatic rings. The van der Waals surface area contributed by atoms with Crippen LogP contribution in [0.25, 0.3) is 104 Å². The van der Waals surface area contributed by atoms with Gasteiger partial charge in [-0.25, -0.2) is 4.98 Å². The lowest BCUT2D eigenvalue weighted by Crippen LogP contribution is -1.94. The third-order valence-electron chi connectivity index (χ3n) is 10.4. The number of aromatic nitrogens is 3. The van der Waals surface area contributed by atoms with Crippen molar-refractivity contribution in [3.05, 3.63) is 176 Å². The molecule has 53 heavy (non-hydrogen) atoms. The highest BCUT2D eigenvalue weighted by Crippen LogP contribution is 2.40. The normalized spacial score (nSPS) is 11.8. The van der Waals surface area contributed by atoms with Gasteiger partial charge < -0.3 is 8.98 Å². The first-order valence-corrected chi connectivity index (χ1v) is 18.5. The van der Waals surface area contributed by atoms with Gasteiger partial charge in [0.25, 0.3) is 0 Å². The molecule has 0 N–H and O–H groups in total. The Balaban J connectivity index is 0.965. The van der Waals surface area contributed by atoms with Crippen molar-refractivity contribution in [3.63, 3.8) is 0 Å². The van der Waals surface area contributed by atoms with Crippen LogP contribution in [0.5, 0.6) is 0 Å². The molecule has 0 fully saturated rings. The third-order valence-corrected chi connectivity index (χ3v) is 11.2. The monoisotopic (exact) mass is 695 g/mol. The van der Waals surface area contributed by atoms with Gasteiger partial charge in [0.1, 0.15) is 16.2 Å². The summed E-state index contributed by atoms with van der Waals surface area (Å²) in [4.78, 5) is 5.01. The summed E-state index contributed by atoms with van der Waals surface area (Å²) in [6.45, 7) is 0. The minimum Gasteiger partial charge on any atom is -0.455 e. The van der Waals surface area contributed by atoms with Crippen molar-refractivity contribution in [1.29, 1.82) is 0 Å². The molecule has 11 rings (SSSR count). The Morgan fingerprint density at radius 2 is 1.15 bits per heavy atom. The molecule has 5 heteroatoms. The van der Waals surface area contributed by atoms with Crippen molar-refractivity contribution in [2.24, 2.45) is 0 Å². The van der Waals surface area contributed by atoms with Gasteiger partial charge >= 0.3 is 0 Å². The van der Waals surface area contributed by atoms with Crippen LogP contribution in [-0.2, 0) is 0 Å². The van der Waals surface area contributed by atoms with E-state index in [0.717, 1.165) is 66.2 Å². The Kier molecular flexibility index (Phi) is 6.69.